The summed E-state index contributed by atoms with van der Waals surface area (Å²) in [7, 11) is -1.86. The second-order valence-corrected chi connectivity index (χ2v) is 12.7. The zero-order valence-corrected chi connectivity index (χ0v) is 16.9. The molecule has 0 bridgehead atoms. The summed E-state index contributed by atoms with van der Waals surface area (Å²) in [6.07, 6.45) is 5.64. The minimum atomic E-state index is -1.86. The van der Waals surface area contributed by atoms with Crippen LogP contribution in [0.3, 0.4) is 0 Å². The Bertz CT molecular complexity index is 628. The molecule has 0 radical (unpaired) electrons. The van der Waals surface area contributed by atoms with Gasteiger partial charge in [-0.3, -0.25) is 4.79 Å². The van der Waals surface area contributed by atoms with E-state index >= 15 is 0 Å². The molecule has 1 aliphatic heterocycles. The maximum absolute atomic E-state index is 12.6. The van der Waals surface area contributed by atoms with Crippen molar-refractivity contribution >= 4 is 14.1 Å². The van der Waals surface area contributed by atoms with Gasteiger partial charge in [-0.1, -0.05) is 32.4 Å². The molecule has 4 aliphatic rings. The van der Waals surface area contributed by atoms with E-state index < -0.39 is 14.1 Å². The molecule has 1 heterocycles. The van der Waals surface area contributed by atoms with Crippen LogP contribution in [0.15, 0.2) is 23.3 Å². The average Bonchev–Trinajstić information content (AvgIpc) is 3.13. The number of ether oxygens (including phenoxy) is 2. The Hall–Kier alpha value is -0.753. The third-order valence-corrected chi connectivity index (χ3v) is 11.9. The monoisotopic (exact) mass is 362 g/mol. The van der Waals surface area contributed by atoms with Crippen LogP contribution in [0.4, 0.5) is 0 Å². The largest absolute Gasteiger partial charge is 0.407 e. The fraction of sp³-hybridized carbons (Fsp3) is 0.750. The van der Waals surface area contributed by atoms with Gasteiger partial charge in [-0.05, 0) is 44.0 Å². The van der Waals surface area contributed by atoms with Gasteiger partial charge in [0, 0.05) is 16.9 Å². The van der Waals surface area contributed by atoms with Gasteiger partial charge in [-0.25, -0.2) is 0 Å². The SMILES string of the molecule is CC[Si](CC)(CC)O[C@H]1[C@H]2C=CC(=O)C2=C(C)C2(CC2)C12OCCO2. The van der Waals surface area contributed by atoms with Gasteiger partial charge in [0.2, 0.25) is 5.79 Å². The van der Waals surface area contributed by atoms with Crippen molar-refractivity contribution in [1.82, 2.24) is 0 Å². The molecule has 0 aromatic rings. The number of hydrogen-bond acceptors (Lipinski definition) is 4. The maximum Gasteiger partial charge on any atom is 0.204 e. The van der Waals surface area contributed by atoms with Crippen molar-refractivity contribution in [1.29, 1.82) is 0 Å². The van der Waals surface area contributed by atoms with Crippen LogP contribution >= 0.6 is 0 Å². The molecule has 0 aromatic carbocycles. The molecule has 0 N–H and O–H groups in total. The number of fused-ring (bicyclic) bond motifs is 2. The molecular weight excluding hydrogens is 332 g/mol. The normalized spacial score (nSPS) is 32.1. The van der Waals surface area contributed by atoms with Crippen LogP contribution in [0.1, 0.15) is 40.5 Å². The van der Waals surface area contributed by atoms with Crippen LogP contribution in [-0.2, 0) is 18.7 Å². The lowest BCUT2D eigenvalue weighted by Crippen LogP contribution is -2.62. The summed E-state index contributed by atoms with van der Waals surface area (Å²) >= 11 is 0. The Morgan fingerprint density at radius 2 is 1.76 bits per heavy atom. The van der Waals surface area contributed by atoms with Crippen molar-refractivity contribution in [3.05, 3.63) is 23.3 Å². The summed E-state index contributed by atoms with van der Waals surface area (Å²) in [5.41, 5.74) is 1.99. The number of hydrogen-bond donors (Lipinski definition) is 0. The molecule has 2 spiro atoms. The molecule has 5 heteroatoms. The van der Waals surface area contributed by atoms with Crippen LogP contribution in [-0.4, -0.2) is 39.2 Å². The molecule has 4 nitrogen and oxygen atoms in total. The minimum Gasteiger partial charge on any atom is -0.407 e. The highest BCUT2D eigenvalue weighted by Gasteiger charge is 2.73. The zero-order chi connectivity index (χ0) is 17.9. The van der Waals surface area contributed by atoms with E-state index in [9.17, 15) is 4.79 Å². The van der Waals surface area contributed by atoms with Gasteiger partial charge in [0.15, 0.2) is 14.1 Å². The molecule has 1 saturated heterocycles. The van der Waals surface area contributed by atoms with E-state index in [2.05, 4.69) is 27.7 Å². The molecule has 0 unspecified atom stereocenters. The minimum absolute atomic E-state index is 0.0200. The Labute approximate surface area is 151 Å². The van der Waals surface area contributed by atoms with E-state index in [1.165, 1.54) is 5.57 Å². The van der Waals surface area contributed by atoms with Gasteiger partial charge < -0.3 is 13.9 Å². The Morgan fingerprint density at radius 3 is 2.28 bits per heavy atom. The lowest BCUT2D eigenvalue weighted by Gasteiger charge is -2.51. The highest BCUT2D eigenvalue weighted by Crippen LogP contribution is 2.68. The van der Waals surface area contributed by atoms with E-state index in [-0.39, 0.29) is 23.2 Å². The molecule has 4 rings (SSSR count). The first-order valence-electron chi connectivity index (χ1n) is 9.88. The number of carbonyl (C=O) groups is 1. The average molecular weight is 363 g/mol. The molecule has 3 aliphatic carbocycles. The standard InChI is InChI=1S/C20H30O4Si/c1-5-25(6-2,7-3)24-18-15-8-9-16(21)17(15)14(4)19(10-11-19)20(18)22-12-13-23-20/h8-9,15,18H,5-7,10-13H2,1-4H3/t15-,18-/m0/s1. The summed E-state index contributed by atoms with van der Waals surface area (Å²) in [6, 6.07) is 3.26. The highest BCUT2D eigenvalue weighted by molar-refractivity contribution is 6.73. The van der Waals surface area contributed by atoms with Crippen molar-refractivity contribution in [2.75, 3.05) is 13.2 Å². The quantitative estimate of drug-likeness (QED) is 0.694. The van der Waals surface area contributed by atoms with Crippen molar-refractivity contribution in [2.24, 2.45) is 11.3 Å². The van der Waals surface area contributed by atoms with E-state index in [4.69, 9.17) is 13.9 Å². The number of ketones is 1. The van der Waals surface area contributed by atoms with Crippen LogP contribution in [0.25, 0.3) is 0 Å². The Kier molecular flexibility index (Phi) is 4.15. The molecule has 2 fully saturated rings. The third kappa shape index (κ3) is 2.19. The van der Waals surface area contributed by atoms with E-state index in [0.29, 0.717) is 13.2 Å². The molecular formula is C20H30O4Si. The molecule has 0 amide bonds. The second-order valence-electron chi connectivity index (χ2n) is 8.02. The van der Waals surface area contributed by atoms with Crippen LogP contribution in [0.5, 0.6) is 0 Å². The first-order chi connectivity index (χ1) is 12.0. The van der Waals surface area contributed by atoms with Crippen molar-refractivity contribution in [2.45, 2.75) is 70.6 Å². The summed E-state index contributed by atoms with van der Waals surface area (Å²) in [6.45, 7) is 10.1. The lowest BCUT2D eigenvalue weighted by atomic mass is 9.69. The number of rotatable bonds is 5. The van der Waals surface area contributed by atoms with E-state index in [1.807, 2.05) is 6.08 Å². The number of carbonyl (C=O) groups excluding carboxylic acids is 1. The third-order valence-electron chi connectivity index (χ3n) is 7.32. The number of allylic oxidation sites excluding steroid dienone is 1. The molecule has 138 valence electrons. The summed E-state index contributed by atoms with van der Waals surface area (Å²) in [4.78, 5) is 12.6. The predicted octanol–water partition coefficient (Wildman–Crippen LogP) is 3.99. The molecule has 1 saturated carbocycles. The van der Waals surface area contributed by atoms with Gasteiger partial charge in [0.25, 0.3) is 0 Å². The van der Waals surface area contributed by atoms with Gasteiger partial charge in [-0.2, -0.15) is 0 Å². The Morgan fingerprint density at radius 1 is 1.16 bits per heavy atom. The van der Waals surface area contributed by atoms with Gasteiger partial charge in [0.05, 0.1) is 13.2 Å². The first kappa shape index (κ1) is 17.7. The highest BCUT2D eigenvalue weighted by atomic mass is 28.4. The van der Waals surface area contributed by atoms with Crippen LogP contribution in [0.2, 0.25) is 18.1 Å². The predicted molar refractivity (Wildman–Crippen MR) is 98.7 cm³/mol. The first-order valence-corrected chi connectivity index (χ1v) is 12.4. The molecule has 2 atom stereocenters. The summed E-state index contributed by atoms with van der Waals surface area (Å²) in [5.74, 6) is -0.557. The van der Waals surface area contributed by atoms with Crippen molar-refractivity contribution < 1.29 is 18.7 Å². The van der Waals surface area contributed by atoms with Crippen molar-refractivity contribution in [3.63, 3.8) is 0 Å². The van der Waals surface area contributed by atoms with Crippen LogP contribution < -0.4 is 0 Å². The van der Waals surface area contributed by atoms with Gasteiger partial charge in [0.1, 0.15) is 6.10 Å². The molecule has 25 heavy (non-hydrogen) atoms. The lowest BCUT2D eigenvalue weighted by molar-refractivity contribution is -0.259. The maximum atomic E-state index is 12.6. The van der Waals surface area contributed by atoms with Gasteiger partial charge in [-0.15, -0.1) is 0 Å². The zero-order valence-electron chi connectivity index (χ0n) is 15.9. The van der Waals surface area contributed by atoms with Gasteiger partial charge >= 0.3 is 0 Å². The Balaban J connectivity index is 1.83. The summed E-state index contributed by atoms with van der Waals surface area (Å²) in [5, 5.41) is 0. The summed E-state index contributed by atoms with van der Waals surface area (Å²) < 4.78 is 19.7. The van der Waals surface area contributed by atoms with Crippen LogP contribution in [0, 0.1) is 11.3 Å². The topological polar surface area (TPSA) is 44.8 Å². The second kappa shape index (κ2) is 5.88. The van der Waals surface area contributed by atoms with Crippen molar-refractivity contribution in [3.8, 4) is 0 Å². The fourth-order valence-electron chi connectivity index (χ4n) is 5.39. The smallest absolute Gasteiger partial charge is 0.204 e. The molecule has 0 aromatic heterocycles. The fourth-order valence-corrected chi connectivity index (χ4v) is 8.23. The van der Waals surface area contributed by atoms with E-state index in [0.717, 1.165) is 36.5 Å². The van der Waals surface area contributed by atoms with E-state index in [1.54, 1.807) is 6.08 Å².